The van der Waals surface area contributed by atoms with Gasteiger partial charge in [0.25, 0.3) is 5.91 Å². The molecule has 1 unspecified atom stereocenters. The monoisotopic (exact) mass is 591 g/mol. The van der Waals surface area contributed by atoms with Gasteiger partial charge in [-0.2, -0.15) is 13.2 Å². The zero-order valence-electron chi connectivity index (χ0n) is 21.8. The number of nitrogens with two attached hydrogens (primary N) is 1. The Bertz CT molecular complexity index is 1210. The molecule has 2 aromatic carbocycles. The van der Waals surface area contributed by atoms with Crippen LogP contribution in [0, 0.1) is 11.6 Å². The SMILES string of the molecule is CCN(Cc1ccc(C(=O)Nc2ccc(Cl)cc2N2CCN(CCC(F)(F)F)CC2)c(F)c1F)C(CO)C(N)=O. The number of rotatable bonds is 11. The Kier molecular flexibility index (Phi) is 10.7. The maximum Gasteiger partial charge on any atom is 0.390 e. The van der Waals surface area contributed by atoms with Gasteiger partial charge in [-0.3, -0.25) is 19.4 Å². The number of amides is 2. The van der Waals surface area contributed by atoms with Crippen LogP contribution in [0.4, 0.5) is 33.3 Å². The normalized spacial score (nSPS) is 15.4. The van der Waals surface area contributed by atoms with Crippen LogP contribution in [-0.4, -0.2) is 84.8 Å². The second-order valence-corrected chi connectivity index (χ2v) is 9.81. The smallest absolute Gasteiger partial charge is 0.390 e. The molecule has 0 bridgehead atoms. The quantitative estimate of drug-likeness (QED) is 0.345. The Balaban J connectivity index is 1.75. The highest BCUT2D eigenvalue weighted by molar-refractivity contribution is 6.31. The van der Waals surface area contributed by atoms with E-state index in [4.69, 9.17) is 17.3 Å². The van der Waals surface area contributed by atoms with E-state index in [-0.39, 0.29) is 30.9 Å². The molecule has 0 aliphatic carbocycles. The molecule has 0 spiro atoms. The molecule has 0 aromatic heterocycles. The summed E-state index contributed by atoms with van der Waals surface area (Å²) in [6.07, 6.45) is -5.15. The number of hydrogen-bond donors (Lipinski definition) is 3. The number of alkyl halides is 3. The van der Waals surface area contributed by atoms with Gasteiger partial charge in [0.05, 0.1) is 30.0 Å². The minimum Gasteiger partial charge on any atom is -0.394 e. The number of nitrogens with zero attached hydrogens (tertiary/aromatic N) is 3. The fourth-order valence-corrected chi connectivity index (χ4v) is 4.66. The van der Waals surface area contributed by atoms with Gasteiger partial charge in [0, 0.05) is 49.9 Å². The lowest BCUT2D eigenvalue weighted by atomic mass is 10.1. The Hall–Kier alpha value is -3.00. The van der Waals surface area contributed by atoms with Crippen LogP contribution in [-0.2, 0) is 11.3 Å². The highest BCUT2D eigenvalue weighted by Gasteiger charge is 2.30. The number of aliphatic hydroxyl groups excluding tert-OH is 1. The minimum absolute atomic E-state index is 0.115. The zero-order chi connectivity index (χ0) is 29.6. The fraction of sp³-hybridized carbons (Fsp3) is 0.462. The van der Waals surface area contributed by atoms with Gasteiger partial charge in [-0.25, -0.2) is 8.78 Å². The summed E-state index contributed by atoms with van der Waals surface area (Å²) in [4.78, 5) is 29.5. The molecule has 8 nitrogen and oxygen atoms in total. The molecule has 1 saturated heterocycles. The van der Waals surface area contributed by atoms with Crippen molar-refractivity contribution in [3.63, 3.8) is 0 Å². The minimum atomic E-state index is -4.24. The zero-order valence-corrected chi connectivity index (χ0v) is 22.5. The predicted molar refractivity (Wildman–Crippen MR) is 141 cm³/mol. The van der Waals surface area contributed by atoms with Crippen LogP contribution >= 0.6 is 11.6 Å². The van der Waals surface area contributed by atoms with Crippen LogP contribution in [0.3, 0.4) is 0 Å². The van der Waals surface area contributed by atoms with Crippen LogP contribution in [0.5, 0.6) is 0 Å². The molecule has 220 valence electrons. The first-order valence-corrected chi connectivity index (χ1v) is 13.0. The molecule has 40 heavy (non-hydrogen) atoms. The lowest BCUT2D eigenvalue weighted by Crippen LogP contribution is -2.47. The van der Waals surface area contributed by atoms with Crippen molar-refractivity contribution in [2.24, 2.45) is 5.73 Å². The Labute approximate surface area is 233 Å². The van der Waals surface area contributed by atoms with Crippen molar-refractivity contribution in [3.8, 4) is 0 Å². The van der Waals surface area contributed by atoms with Crippen molar-refractivity contribution in [3.05, 3.63) is 58.1 Å². The van der Waals surface area contributed by atoms with Crippen molar-refractivity contribution in [2.45, 2.75) is 32.1 Å². The summed E-state index contributed by atoms with van der Waals surface area (Å²) < 4.78 is 67.7. The number of nitrogens with one attached hydrogen (secondary N) is 1. The summed E-state index contributed by atoms with van der Waals surface area (Å²) in [7, 11) is 0. The molecule has 14 heteroatoms. The van der Waals surface area contributed by atoms with Crippen molar-refractivity contribution < 1.29 is 36.6 Å². The number of carbonyl (C=O) groups is 2. The largest absolute Gasteiger partial charge is 0.394 e. The number of piperazine rings is 1. The van der Waals surface area contributed by atoms with Gasteiger partial charge < -0.3 is 21.1 Å². The maximum atomic E-state index is 15.0. The molecule has 1 heterocycles. The highest BCUT2D eigenvalue weighted by Crippen LogP contribution is 2.31. The van der Waals surface area contributed by atoms with Crippen molar-refractivity contribution in [1.82, 2.24) is 9.80 Å². The van der Waals surface area contributed by atoms with Gasteiger partial charge in [0.2, 0.25) is 5.91 Å². The third kappa shape index (κ3) is 8.03. The second kappa shape index (κ2) is 13.6. The lowest BCUT2D eigenvalue weighted by Gasteiger charge is -2.37. The molecule has 2 amide bonds. The number of aliphatic hydroxyl groups is 1. The molecule has 1 aliphatic rings. The molecular formula is C26H31ClF5N5O3. The van der Waals surface area contributed by atoms with Crippen LogP contribution in [0.15, 0.2) is 30.3 Å². The second-order valence-electron chi connectivity index (χ2n) is 9.37. The number of anilines is 2. The van der Waals surface area contributed by atoms with E-state index in [1.165, 1.54) is 23.1 Å². The van der Waals surface area contributed by atoms with Crippen molar-refractivity contribution >= 4 is 34.8 Å². The van der Waals surface area contributed by atoms with Gasteiger partial charge in [-0.05, 0) is 30.8 Å². The van der Waals surface area contributed by atoms with Gasteiger partial charge in [0.1, 0.15) is 6.04 Å². The van der Waals surface area contributed by atoms with Gasteiger partial charge >= 0.3 is 6.18 Å². The average Bonchev–Trinajstić information content (AvgIpc) is 2.90. The standard InChI is InChI=1S/C26H31ClF5N5O3/c1-2-36(21(15-38)24(33)39)14-16-3-5-18(23(29)22(16)28)25(40)34-19-6-4-17(27)13-20(19)37-11-9-35(10-12-37)8-7-26(30,31)32/h3-6,13,21,38H,2,7-12,14-15H2,1H3,(H2,33,39)(H,34,40). The summed E-state index contributed by atoms with van der Waals surface area (Å²) >= 11 is 6.15. The third-order valence-corrected chi connectivity index (χ3v) is 7.00. The summed E-state index contributed by atoms with van der Waals surface area (Å²) in [6.45, 7) is 2.39. The van der Waals surface area contributed by atoms with Crippen LogP contribution in [0.1, 0.15) is 29.3 Å². The van der Waals surface area contributed by atoms with Crippen LogP contribution in [0.25, 0.3) is 0 Å². The molecule has 2 aromatic rings. The van der Waals surface area contributed by atoms with E-state index in [9.17, 15) is 32.3 Å². The van der Waals surface area contributed by atoms with Gasteiger partial charge in [0.15, 0.2) is 11.6 Å². The lowest BCUT2D eigenvalue weighted by molar-refractivity contribution is -0.138. The predicted octanol–water partition coefficient (Wildman–Crippen LogP) is 3.61. The van der Waals surface area contributed by atoms with Gasteiger partial charge in [-0.1, -0.05) is 24.6 Å². The van der Waals surface area contributed by atoms with E-state index in [0.29, 0.717) is 36.9 Å². The molecule has 1 aliphatic heterocycles. The fourth-order valence-electron chi connectivity index (χ4n) is 4.49. The maximum absolute atomic E-state index is 15.0. The molecule has 0 saturated carbocycles. The Morgan fingerprint density at radius 2 is 1.80 bits per heavy atom. The van der Waals surface area contributed by atoms with E-state index in [0.717, 1.165) is 6.07 Å². The molecule has 1 fully saturated rings. The summed E-state index contributed by atoms with van der Waals surface area (Å²) in [5.41, 5.74) is 5.35. The van der Waals surface area contributed by atoms with E-state index < -0.39 is 54.3 Å². The number of primary amides is 1. The third-order valence-electron chi connectivity index (χ3n) is 6.76. The Morgan fingerprint density at radius 3 is 2.38 bits per heavy atom. The van der Waals surface area contributed by atoms with E-state index in [1.54, 1.807) is 17.9 Å². The summed E-state index contributed by atoms with van der Waals surface area (Å²) in [6, 6.07) is 5.84. The van der Waals surface area contributed by atoms with E-state index >= 15 is 4.39 Å². The first-order valence-electron chi connectivity index (χ1n) is 12.6. The molecule has 0 radical (unpaired) electrons. The van der Waals surface area contributed by atoms with Crippen LogP contribution < -0.4 is 16.0 Å². The van der Waals surface area contributed by atoms with E-state index in [1.807, 2.05) is 4.90 Å². The molecule has 1 atom stereocenters. The highest BCUT2D eigenvalue weighted by atomic mass is 35.5. The van der Waals surface area contributed by atoms with Gasteiger partial charge in [-0.15, -0.1) is 0 Å². The summed E-state index contributed by atoms with van der Waals surface area (Å²) in [5, 5.41) is 12.4. The van der Waals surface area contributed by atoms with Crippen LogP contribution in [0.2, 0.25) is 5.02 Å². The van der Waals surface area contributed by atoms with Crippen molar-refractivity contribution in [1.29, 1.82) is 0 Å². The molecular weight excluding hydrogens is 561 g/mol. The first-order chi connectivity index (χ1) is 18.8. The number of halogens is 6. The van der Waals surface area contributed by atoms with Crippen molar-refractivity contribution in [2.75, 3.05) is 56.1 Å². The molecule has 4 N–H and O–H groups in total. The number of carbonyl (C=O) groups excluding carboxylic acids is 2. The topological polar surface area (TPSA) is 102 Å². The first kappa shape index (κ1) is 31.5. The molecule has 3 rings (SSSR count). The van der Waals surface area contributed by atoms with E-state index in [2.05, 4.69) is 5.32 Å². The number of hydrogen-bond acceptors (Lipinski definition) is 6. The number of benzene rings is 2. The average molecular weight is 592 g/mol. The number of likely N-dealkylation sites (N-methyl/N-ethyl adjacent to an activating group) is 1. The summed E-state index contributed by atoms with van der Waals surface area (Å²) in [5.74, 6) is -4.41. The Morgan fingerprint density at radius 1 is 1.12 bits per heavy atom.